The summed E-state index contributed by atoms with van der Waals surface area (Å²) in [4.78, 5) is 195. The largest absolute Gasteiger partial charge is 0.492 e. The first-order valence-corrected chi connectivity index (χ1v) is 34.2. The number of nitrogens with zero attached hydrogens (tertiary/aromatic N) is 16. The van der Waals surface area contributed by atoms with Gasteiger partial charge in [0.15, 0.2) is 56.4 Å². The molecule has 0 unspecified atom stereocenters. The van der Waals surface area contributed by atoms with Crippen LogP contribution in [0.5, 0.6) is 23.0 Å². The van der Waals surface area contributed by atoms with Gasteiger partial charge in [0.25, 0.3) is 0 Å². The lowest BCUT2D eigenvalue weighted by Gasteiger charge is -2.62. The van der Waals surface area contributed by atoms with E-state index in [4.69, 9.17) is 18.9 Å². The molecule has 12 fully saturated rings. The Labute approximate surface area is 547 Å². The van der Waals surface area contributed by atoms with E-state index in [1.165, 1.54) is 86.5 Å². The Bertz CT molecular complexity index is 3600. The molecule has 0 radical (unpaired) electrons. The zero-order chi connectivity index (χ0) is 65.0. The summed E-state index contributed by atoms with van der Waals surface area (Å²) in [6.45, 7) is 6.74. The number of carbonyl (C=O) groups is 12. The molecule has 33 nitrogen and oxygen atoms in total. The minimum absolute atomic E-state index is 0.0873. The van der Waals surface area contributed by atoms with Crippen molar-refractivity contribution >= 4 is 116 Å². The van der Waals surface area contributed by atoms with Crippen molar-refractivity contribution in [3.63, 3.8) is 0 Å². The topological polar surface area (TPSA) is 306 Å². The Balaban J connectivity index is 0.728. The van der Waals surface area contributed by atoms with Gasteiger partial charge in [0.05, 0.1) is 52.6 Å². The maximum Gasteiger partial charge on any atom is 0.327 e. The van der Waals surface area contributed by atoms with Crippen LogP contribution in [-0.4, -0.2) is 284 Å². The smallest absolute Gasteiger partial charge is 0.327 e. The van der Waals surface area contributed by atoms with Crippen LogP contribution in [0.1, 0.15) is 63.8 Å². The Kier molecular flexibility index (Phi) is 13.3. The van der Waals surface area contributed by atoms with E-state index in [1.54, 1.807) is 57.7 Å². The predicted octanol–water partition coefficient (Wildman–Crippen LogP) is 2.38. The molecule has 0 saturated carbocycles. The van der Waals surface area contributed by atoms with E-state index in [0.717, 1.165) is 47.0 Å². The fourth-order valence-corrected chi connectivity index (χ4v) is 18.5. The second-order valence-electron chi connectivity index (χ2n) is 24.9. The molecular formula is C56H63N17O16S4. The van der Waals surface area contributed by atoms with Crippen molar-refractivity contribution in [1.29, 1.82) is 0 Å². The van der Waals surface area contributed by atoms with Crippen LogP contribution in [0.2, 0.25) is 0 Å². The fraction of sp³-hybridized carbons (Fsp3) is 0.571. The zero-order valence-electron chi connectivity index (χ0n) is 51.2. The highest BCUT2D eigenvalue weighted by Crippen LogP contribution is 2.62. The summed E-state index contributed by atoms with van der Waals surface area (Å²) >= 11 is 4.37. The number of amides is 16. The lowest BCUT2D eigenvalue weighted by atomic mass is 9.96. The van der Waals surface area contributed by atoms with Gasteiger partial charge in [-0.05, 0) is 38.1 Å². The summed E-state index contributed by atoms with van der Waals surface area (Å²) in [7, 11) is 0. The first-order chi connectivity index (χ1) is 44.5. The minimum atomic E-state index is -1.85. The van der Waals surface area contributed by atoms with Crippen LogP contribution in [0, 0.1) is 0 Å². The van der Waals surface area contributed by atoms with E-state index in [1.807, 2.05) is 0 Å². The number of hydrogen-bond donors (Lipinski definition) is 1. The summed E-state index contributed by atoms with van der Waals surface area (Å²) in [5.74, 6) is -0.728. The number of benzene rings is 2. The number of urea groups is 8. The van der Waals surface area contributed by atoms with Gasteiger partial charge in [0, 0.05) is 73.0 Å². The third-order valence-corrected chi connectivity index (χ3v) is 23.6. The molecule has 0 aromatic heterocycles. The number of fused-ring (bicyclic) bond motifs is 2. The van der Waals surface area contributed by atoms with E-state index < -0.39 is 136 Å². The standard InChI is InChI=1S/C56H63N17O16S4/c1-29(74)90-15-11-86-37-7-8-38(87-12-16-91-30(2)75)34-20-67-48(81)63-24-59-41-42-60(45(78)58(41)23-62-43(63)53(67,5)66(47(62)80)19-33(34)37)25-64-44-55-57-56-54(6)68(51(84)72(56)27-70(55)49(64)82)21-35-36(40(89-14-18-93-32(4)77)10-9-39(35)88-13-17-92-31(3)76)22-69(54)52(85)73(56)28-71(55)50(83)65(44)26-61(42)46(59)79/h7-10,41-44,57H,11-28H2,1-6H3/t41?,42-,43?,44+,53+,54-,55+,56-. The molecule has 12 saturated heterocycles. The molecule has 14 aliphatic heterocycles. The maximum atomic E-state index is 15.7. The highest BCUT2D eigenvalue weighted by molar-refractivity contribution is 8.14. The van der Waals surface area contributed by atoms with E-state index >= 15 is 38.4 Å². The van der Waals surface area contributed by atoms with Gasteiger partial charge in [-0.3, -0.25) is 97.6 Å². The van der Waals surface area contributed by atoms with Crippen molar-refractivity contribution in [3.05, 3.63) is 46.5 Å². The molecule has 0 aliphatic carbocycles. The summed E-state index contributed by atoms with van der Waals surface area (Å²) in [5, 5.41) is 3.29. The number of ether oxygens (including phenoxy) is 4. The molecule has 492 valence electrons. The molecular weight excluding hydrogens is 1290 g/mol. The predicted molar refractivity (Wildman–Crippen MR) is 325 cm³/mol. The van der Waals surface area contributed by atoms with Gasteiger partial charge >= 0.3 is 48.2 Å². The number of rotatable bonds is 16. The molecule has 2 bridgehead atoms. The molecule has 2 aromatic rings. The fourth-order valence-electron chi connectivity index (χ4n) is 16.7. The van der Waals surface area contributed by atoms with Crippen LogP contribution < -0.4 is 24.3 Å². The third-order valence-electron chi connectivity index (χ3n) is 20.5. The lowest BCUT2D eigenvalue weighted by Crippen LogP contribution is -2.91. The highest BCUT2D eigenvalue weighted by Gasteiger charge is 2.88. The first-order valence-electron chi connectivity index (χ1n) is 30.3. The monoisotopic (exact) mass is 1360 g/mol. The van der Waals surface area contributed by atoms with E-state index in [-0.39, 0.29) is 73.1 Å². The van der Waals surface area contributed by atoms with Crippen molar-refractivity contribution in [1.82, 2.24) is 83.7 Å². The molecule has 16 amide bonds. The number of nitrogens with one attached hydrogen (secondary N) is 1. The summed E-state index contributed by atoms with van der Waals surface area (Å²) in [5.41, 5.74) is -0.874. The minimum Gasteiger partial charge on any atom is -0.492 e. The van der Waals surface area contributed by atoms with Crippen LogP contribution in [0.3, 0.4) is 0 Å². The summed E-state index contributed by atoms with van der Waals surface area (Å²) < 4.78 is 25.3. The molecule has 37 heteroatoms. The van der Waals surface area contributed by atoms with Crippen LogP contribution in [-0.2, 0) is 45.4 Å². The Hall–Kier alpha value is -8.16. The zero-order valence-corrected chi connectivity index (χ0v) is 54.4. The van der Waals surface area contributed by atoms with Crippen LogP contribution in [0.25, 0.3) is 0 Å². The van der Waals surface area contributed by atoms with Gasteiger partial charge < -0.3 is 18.9 Å². The van der Waals surface area contributed by atoms with Crippen LogP contribution in [0.15, 0.2) is 24.3 Å². The van der Waals surface area contributed by atoms with Crippen LogP contribution >= 0.6 is 47.0 Å². The average molecular weight is 1360 g/mol. The molecule has 16 rings (SSSR count). The Morgan fingerprint density at radius 3 is 1.02 bits per heavy atom. The lowest BCUT2D eigenvalue weighted by molar-refractivity contribution is -0.238. The Morgan fingerprint density at radius 2 is 0.699 bits per heavy atom. The van der Waals surface area contributed by atoms with Crippen molar-refractivity contribution < 1.29 is 76.5 Å². The molecule has 2 aromatic carbocycles. The molecule has 14 heterocycles. The summed E-state index contributed by atoms with van der Waals surface area (Å²) in [6.07, 6.45) is -4.76. The molecule has 2 spiro atoms. The molecule has 1 N–H and O–H groups in total. The van der Waals surface area contributed by atoms with Gasteiger partial charge in [-0.2, -0.15) is 0 Å². The normalized spacial score (nSPS) is 30.0. The van der Waals surface area contributed by atoms with Crippen molar-refractivity contribution in [2.75, 3.05) is 89.5 Å². The average Bonchev–Trinajstić information content (AvgIpc) is 1.46. The van der Waals surface area contributed by atoms with Crippen LogP contribution in [0.4, 0.5) is 38.4 Å². The van der Waals surface area contributed by atoms with Crippen molar-refractivity contribution in [2.24, 2.45) is 0 Å². The van der Waals surface area contributed by atoms with Gasteiger partial charge in [0.2, 0.25) is 11.6 Å². The van der Waals surface area contributed by atoms with E-state index in [0.29, 0.717) is 68.3 Å². The number of carbonyl (C=O) groups excluding carboxylic acids is 12. The quantitative estimate of drug-likeness (QED) is 0.236. The number of thioether (sulfide) groups is 4. The second-order valence-corrected chi connectivity index (χ2v) is 30.0. The number of hydrogen-bond acceptors (Lipinski definition) is 21. The third kappa shape index (κ3) is 7.77. The molecule has 93 heavy (non-hydrogen) atoms. The van der Waals surface area contributed by atoms with Crippen molar-refractivity contribution in [3.8, 4) is 23.0 Å². The molecule has 14 aliphatic rings. The summed E-state index contributed by atoms with van der Waals surface area (Å²) in [6, 6.07) is 1.94. The first kappa shape index (κ1) is 59.8. The maximum absolute atomic E-state index is 15.7. The SMILES string of the molecule is CC(=O)SCCOc1ccc(OCCSC(C)=O)c2c1CN1C(=O)N3CN4C(=O)N5CN6C(=O)N7CN8C(=O)N9Cc%10c(OCCSC(C)=O)ccc(OCCSC(C)=O)c%10CN%10C(=O)N%11CN%12C(=O)N(CN%13C(=O)N(CN%14C(=O)N(C2)[C@]1(C)C3%14)C4[C@H]%135)[C@@H]6[C@@]7%12N[C@@]8%11[C@]%109C. The van der Waals surface area contributed by atoms with E-state index in [2.05, 4.69) is 5.32 Å². The Morgan fingerprint density at radius 1 is 0.398 bits per heavy atom. The second kappa shape index (κ2) is 20.7. The van der Waals surface area contributed by atoms with Gasteiger partial charge in [0.1, 0.15) is 63.0 Å². The highest BCUT2D eigenvalue weighted by atomic mass is 32.2. The van der Waals surface area contributed by atoms with Gasteiger partial charge in [-0.1, -0.05) is 47.0 Å². The van der Waals surface area contributed by atoms with Crippen molar-refractivity contribution in [2.45, 2.75) is 115 Å². The van der Waals surface area contributed by atoms with Gasteiger partial charge in [-0.15, -0.1) is 0 Å². The van der Waals surface area contributed by atoms with Gasteiger partial charge in [-0.25, -0.2) is 43.7 Å². The molecule has 0 atom stereocenters. The van der Waals surface area contributed by atoms with E-state index in [9.17, 15) is 19.2 Å².